The minimum atomic E-state index is -0.700. The quantitative estimate of drug-likeness (QED) is 0.726. The molecule has 1 fully saturated rings. The summed E-state index contributed by atoms with van der Waals surface area (Å²) in [5.41, 5.74) is 2.02. The van der Waals surface area contributed by atoms with Gasteiger partial charge in [-0.25, -0.2) is 0 Å². The summed E-state index contributed by atoms with van der Waals surface area (Å²) in [6, 6.07) is 0. The second-order valence-corrected chi connectivity index (χ2v) is 3.65. The van der Waals surface area contributed by atoms with Gasteiger partial charge in [0.05, 0.1) is 23.5 Å². The Morgan fingerprint density at radius 3 is 3.07 bits per heavy atom. The highest BCUT2D eigenvalue weighted by Gasteiger charge is 2.29. The van der Waals surface area contributed by atoms with Gasteiger partial charge in [0.25, 0.3) is 0 Å². The van der Waals surface area contributed by atoms with Crippen LogP contribution >= 0.6 is 0 Å². The molecule has 14 heavy (non-hydrogen) atoms. The molecule has 0 radical (unpaired) electrons. The van der Waals surface area contributed by atoms with E-state index in [2.05, 4.69) is 15.1 Å². The zero-order chi connectivity index (χ0) is 10.1. The van der Waals surface area contributed by atoms with Gasteiger partial charge in [-0.3, -0.25) is 9.89 Å². The van der Waals surface area contributed by atoms with Crippen molar-refractivity contribution in [1.29, 1.82) is 0 Å². The Bertz CT molecular complexity index is 348. The van der Waals surface area contributed by atoms with E-state index in [4.69, 9.17) is 5.11 Å². The molecule has 2 heterocycles. The van der Waals surface area contributed by atoms with E-state index in [1.54, 1.807) is 6.20 Å². The van der Waals surface area contributed by atoms with Crippen molar-refractivity contribution in [2.45, 2.75) is 13.3 Å². The molecule has 1 aliphatic rings. The van der Waals surface area contributed by atoms with Crippen LogP contribution in [0.3, 0.4) is 0 Å². The number of anilines is 1. The van der Waals surface area contributed by atoms with Gasteiger partial charge < -0.3 is 10.0 Å². The first-order chi connectivity index (χ1) is 6.68. The van der Waals surface area contributed by atoms with E-state index in [-0.39, 0.29) is 5.92 Å². The molecule has 0 amide bonds. The minimum Gasteiger partial charge on any atom is -0.481 e. The van der Waals surface area contributed by atoms with Gasteiger partial charge >= 0.3 is 5.97 Å². The molecule has 1 aromatic rings. The number of aliphatic carboxylic acids is 1. The van der Waals surface area contributed by atoms with Crippen molar-refractivity contribution in [3.05, 3.63) is 11.9 Å². The van der Waals surface area contributed by atoms with Crippen molar-refractivity contribution >= 4 is 11.7 Å². The Labute approximate surface area is 81.7 Å². The van der Waals surface area contributed by atoms with Crippen molar-refractivity contribution in [2.24, 2.45) is 5.92 Å². The van der Waals surface area contributed by atoms with E-state index in [0.29, 0.717) is 6.54 Å². The Hall–Kier alpha value is -1.52. The fourth-order valence-electron chi connectivity index (χ4n) is 1.84. The lowest BCUT2D eigenvalue weighted by Gasteiger charge is -2.16. The number of carboxylic acids is 1. The Morgan fingerprint density at radius 2 is 2.57 bits per heavy atom. The van der Waals surface area contributed by atoms with Crippen LogP contribution in [0.2, 0.25) is 0 Å². The van der Waals surface area contributed by atoms with Crippen molar-refractivity contribution in [3.8, 4) is 0 Å². The molecular formula is C9H13N3O2. The molecule has 0 aromatic carbocycles. The molecule has 76 valence electrons. The first kappa shape index (κ1) is 9.05. The number of rotatable bonds is 2. The SMILES string of the molecule is Cc1[nH]ncc1N1CCC(C(=O)O)C1. The number of aromatic amines is 1. The van der Waals surface area contributed by atoms with Crippen LogP contribution < -0.4 is 4.90 Å². The van der Waals surface area contributed by atoms with Crippen LogP contribution in [0.4, 0.5) is 5.69 Å². The van der Waals surface area contributed by atoms with E-state index in [0.717, 1.165) is 24.3 Å². The van der Waals surface area contributed by atoms with Crippen LogP contribution in [0.25, 0.3) is 0 Å². The normalized spacial score (nSPS) is 21.5. The van der Waals surface area contributed by atoms with Gasteiger partial charge in [-0.2, -0.15) is 5.10 Å². The van der Waals surface area contributed by atoms with Crippen LogP contribution in [-0.2, 0) is 4.79 Å². The summed E-state index contributed by atoms with van der Waals surface area (Å²) >= 11 is 0. The molecule has 0 bridgehead atoms. The molecule has 1 aromatic heterocycles. The molecule has 0 spiro atoms. The Morgan fingerprint density at radius 1 is 1.79 bits per heavy atom. The van der Waals surface area contributed by atoms with Gasteiger partial charge in [0.2, 0.25) is 0 Å². The molecule has 2 N–H and O–H groups in total. The van der Waals surface area contributed by atoms with Gasteiger partial charge in [-0.15, -0.1) is 0 Å². The summed E-state index contributed by atoms with van der Waals surface area (Å²) < 4.78 is 0. The number of nitrogens with zero attached hydrogens (tertiary/aromatic N) is 2. The molecular weight excluding hydrogens is 182 g/mol. The second-order valence-electron chi connectivity index (χ2n) is 3.65. The topological polar surface area (TPSA) is 69.2 Å². The Kier molecular flexibility index (Phi) is 2.15. The summed E-state index contributed by atoms with van der Waals surface area (Å²) in [5, 5.41) is 15.6. The van der Waals surface area contributed by atoms with Crippen molar-refractivity contribution in [2.75, 3.05) is 18.0 Å². The monoisotopic (exact) mass is 195 g/mol. The molecule has 1 aliphatic heterocycles. The van der Waals surface area contributed by atoms with Gasteiger partial charge in [-0.05, 0) is 13.3 Å². The minimum absolute atomic E-state index is 0.232. The van der Waals surface area contributed by atoms with E-state index in [9.17, 15) is 4.79 Å². The third-order valence-corrected chi connectivity index (χ3v) is 2.68. The first-order valence-corrected chi connectivity index (χ1v) is 4.66. The lowest BCUT2D eigenvalue weighted by molar-refractivity contribution is -0.140. The maximum absolute atomic E-state index is 10.8. The first-order valence-electron chi connectivity index (χ1n) is 4.66. The zero-order valence-electron chi connectivity index (χ0n) is 8.03. The summed E-state index contributed by atoms with van der Waals surface area (Å²) in [7, 11) is 0. The maximum atomic E-state index is 10.8. The van der Waals surface area contributed by atoms with Crippen LogP contribution in [0.1, 0.15) is 12.1 Å². The van der Waals surface area contributed by atoms with Crippen molar-refractivity contribution < 1.29 is 9.90 Å². The third kappa shape index (κ3) is 1.45. The lowest BCUT2D eigenvalue weighted by atomic mass is 10.1. The molecule has 0 aliphatic carbocycles. The van der Waals surface area contributed by atoms with Crippen molar-refractivity contribution in [1.82, 2.24) is 10.2 Å². The number of carbonyl (C=O) groups is 1. The highest BCUT2D eigenvalue weighted by atomic mass is 16.4. The fraction of sp³-hybridized carbons (Fsp3) is 0.556. The number of hydrogen-bond donors (Lipinski definition) is 2. The van der Waals surface area contributed by atoms with Gasteiger partial charge in [0.1, 0.15) is 0 Å². The molecule has 5 nitrogen and oxygen atoms in total. The van der Waals surface area contributed by atoms with Gasteiger partial charge in [-0.1, -0.05) is 0 Å². The predicted molar refractivity (Wildman–Crippen MR) is 51.3 cm³/mol. The number of H-pyrrole nitrogens is 1. The predicted octanol–water partition coefficient (Wildman–Crippen LogP) is 0.629. The molecule has 0 saturated carbocycles. The van der Waals surface area contributed by atoms with Crippen LogP contribution in [0.15, 0.2) is 6.20 Å². The van der Waals surface area contributed by atoms with Crippen LogP contribution in [-0.4, -0.2) is 34.4 Å². The van der Waals surface area contributed by atoms with Crippen LogP contribution in [0, 0.1) is 12.8 Å². The van der Waals surface area contributed by atoms with E-state index < -0.39 is 5.97 Å². The molecule has 1 unspecified atom stereocenters. The van der Waals surface area contributed by atoms with Gasteiger partial charge in [0, 0.05) is 13.1 Å². The van der Waals surface area contributed by atoms with E-state index in [1.165, 1.54) is 0 Å². The average molecular weight is 195 g/mol. The third-order valence-electron chi connectivity index (χ3n) is 2.68. The van der Waals surface area contributed by atoms with Crippen LogP contribution in [0.5, 0.6) is 0 Å². The van der Waals surface area contributed by atoms with Crippen molar-refractivity contribution in [3.63, 3.8) is 0 Å². The molecule has 1 atom stereocenters. The number of aromatic nitrogens is 2. The maximum Gasteiger partial charge on any atom is 0.308 e. The zero-order valence-corrected chi connectivity index (χ0v) is 8.03. The number of hydrogen-bond acceptors (Lipinski definition) is 3. The van der Waals surface area contributed by atoms with E-state index >= 15 is 0 Å². The molecule has 2 rings (SSSR count). The highest BCUT2D eigenvalue weighted by Crippen LogP contribution is 2.25. The summed E-state index contributed by atoms with van der Waals surface area (Å²) in [4.78, 5) is 12.8. The standard InChI is InChI=1S/C9H13N3O2/c1-6-8(4-10-11-6)12-3-2-7(5-12)9(13)14/h4,7H,2-3,5H2,1H3,(H,10,11)(H,13,14). The number of nitrogens with one attached hydrogen (secondary N) is 1. The summed E-state index contributed by atoms with van der Waals surface area (Å²) in [5.74, 6) is -0.932. The summed E-state index contributed by atoms with van der Waals surface area (Å²) in [6.07, 6.45) is 2.47. The molecule has 1 saturated heterocycles. The highest BCUT2D eigenvalue weighted by molar-refractivity contribution is 5.72. The van der Waals surface area contributed by atoms with Gasteiger partial charge in [0.15, 0.2) is 0 Å². The average Bonchev–Trinajstić information content (AvgIpc) is 2.71. The fourth-order valence-corrected chi connectivity index (χ4v) is 1.84. The van der Waals surface area contributed by atoms with E-state index in [1.807, 2.05) is 6.92 Å². The molecule has 5 heteroatoms. The lowest BCUT2D eigenvalue weighted by Crippen LogP contribution is -2.22. The number of carboxylic acid groups (broad SMARTS) is 1. The largest absolute Gasteiger partial charge is 0.481 e. The summed E-state index contributed by atoms with van der Waals surface area (Å²) in [6.45, 7) is 3.34. The Balaban J connectivity index is 2.10. The second kappa shape index (κ2) is 3.32. The smallest absolute Gasteiger partial charge is 0.308 e. The number of aryl methyl sites for hydroxylation is 1.